The van der Waals surface area contributed by atoms with Crippen molar-refractivity contribution in [1.29, 1.82) is 0 Å². The number of nitrogens with zero attached hydrogens (tertiary/aromatic N) is 1. The zero-order valence-electron chi connectivity index (χ0n) is 10.4. The van der Waals surface area contributed by atoms with Crippen molar-refractivity contribution >= 4 is 11.0 Å². The number of fused-ring (bicyclic) bond motifs is 1. The lowest BCUT2D eigenvalue weighted by Gasteiger charge is -2.23. The maximum atomic E-state index is 12.1. The van der Waals surface area contributed by atoms with Crippen LogP contribution >= 0.6 is 0 Å². The molecule has 0 spiro atoms. The van der Waals surface area contributed by atoms with Crippen molar-refractivity contribution in [2.24, 2.45) is 0 Å². The Bertz CT molecular complexity index is 608. The maximum Gasteiger partial charge on any atom is 0.326 e. The monoisotopic (exact) mass is 247 g/mol. The van der Waals surface area contributed by atoms with Gasteiger partial charge in [0.1, 0.15) is 5.75 Å². The molecule has 1 unspecified atom stereocenters. The second-order valence-corrected chi connectivity index (χ2v) is 4.68. The van der Waals surface area contributed by atoms with Gasteiger partial charge in [-0.2, -0.15) is 0 Å². The van der Waals surface area contributed by atoms with Gasteiger partial charge in [0.2, 0.25) is 0 Å². The molecule has 0 aliphatic carbocycles. The fraction of sp³-hybridized carbons (Fsp3) is 0.462. The van der Waals surface area contributed by atoms with Gasteiger partial charge in [-0.1, -0.05) is 0 Å². The maximum absolute atomic E-state index is 12.1. The Morgan fingerprint density at radius 1 is 1.44 bits per heavy atom. The summed E-state index contributed by atoms with van der Waals surface area (Å²) in [5.74, 6) is 0.762. The van der Waals surface area contributed by atoms with Crippen LogP contribution in [0.5, 0.6) is 5.75 Å². The van der Waals surface area contributed by atoms with E-state index in [-0.39, 0.29) is 11.7 Å². The molecule has 0 amide bonds. The van der Waals surface area contributed by atoms with Gasteiger partial charge < -0.3 is 15.0 Å². The number of methoxy groups -OCH3 is 1. The van der Waals surface area contributed by atoms with Gasteiger partial charge in [0.15, 0.2) is 0 Å². The van der Waals surface area contributed by atoms with Gasteiger partial charge in [-0.25, -0.2) is 4.79 Å². The highest BCUT2D eigenvalue weighted by Crippen LogP contribution is 2.23. The summed E-state index contributed by atoms with van der Waals surface area (Å²) in [7, 11) is 1.63. The van der Waals surface area contributed by atoms with Crippen LogP contribution in [0.1, 0.15) is 18.9 Å². The highest BCUT2D eigenvalue weighted by molar-refractivity contribution is 5.77. The van der Waals surface area contributed by atoms with Crippen LogP contribution in [0.2, 0.25) is 0 Å². The summed E-state index contributed by atoms with van der Waals surface area (Å²) in [5, 5.41) is 3.34. The standard InChI is InChI=1S/C13H17N3O2/c1-18-10-4-5-12-11(7-10)15-13(17)16(12)9-3-2-6-14-8-9/h4-5,7,9,14H,2-3,6,8H2,1H3,(H,15,17). The van der Waals surface area contributed by atoms with Crippen molar-refractivity contribution < 1.29 is 4.74 Å². The highest BCUT2D eigenvalue weighted by Gasteiger charge is 2.19. The summed E-state index contributed by atoms with van der Waals surface area (Å²) in [4.78, 5) is 15.0. The summed E-state index contributed by atoms with van der Waals surface area (Å²) in [6.45, 7) is 1.90. The topological polar surface area (TPSA) is 59.1 Å². The first-order valence-corrected chi connectivity index (χ1v) is 6.28. The van der Waals surface area contributed by atoms with E-state index < -0.39 is 0 Å². The molecular weight excluding hydrogens is 230 g/mol. The number of benzene rings is 1. The Labute approximate surface area is 105 Å². The number of ether oxygens (including phenoxy) is 1. The summed E-state index contributed by atoms with van der Waals surface area (Å²) >= 11 is 0. The normalized spacial score (nSPS) is 20.2. The number of nitrogens with one attached hydrogen (secondary N) is 2. The summed E-state index contributed by atoms with van der Waals surface area (Å²) in [6, 6.07) is 5.94. The van der Waals surface area contributed by atoms with E-state index in [1.807, 2.05) is 22.8 Å². The third-order valence-corrected chi connectivity index (χ3v) is 3.56. The average molecular weight is 247 g/mol. The molecule has 1 aliphatic rings. The third kappa shape index (κ3) is 1.80. The number of hydrogen-bond donors (Lipinski definition) is 2. The summed E-state index contributed by atoms with van der Waals surface area (Å²) in [6.07, 6.45) is 2.16. The lowest BCUT2D eigenvalue weighted by Crippen LogP contribution is -2.35. The molecule has 2 N–H and O–H groups in total. The van der Waals surface area contributed by atoms with E-state index in [1.165, 1.54) is 0 Å². The molecule has 96 valence electrons. The molecule has 18 heavy (non-hydrogen) atoms. The smallest absolute Gasteiger partial charge is 0.326 e. The molecule has 2 heterocycles. The van der Waals surface area contributed by atoms with Crippen LogP contribution < -0.4 is 15.7 Å². The number of aromatic nitrogens is 2. The second-order valence-electron chi connectivity index (χ2n) is 4.68. The fourth-order valence-corrected chi connectivity index (χ4v) is 2.65. The third-order valence-electron chi connectivity index (χ3n) is 3.56. The van der Waals surface area contributed by atoms with Gasteiger partial charge in [0.05, 0.1) is 24.2 Å². The molecule has 1 fully saturated rings. The van der Waals surface area contributed by atoms with Crippen molar-refractivity contribution in [2.75, 3.05) is 20.2 Å². The predicted octanol–water partition coefficient (Wildman–Crippen LogP) is 1.26. The van der Waals surface area contributed by atoms with Gasteiger partial charge in [-0.15, -0.1) is 0 Å². The summed E-state index contributed by atoms with van der Waals surface area (Å²) in [5.41, 5.74) is 1.76. The van der Waals surface area contributed by atoms with Crippen LogP contribution in [0.3, 0.4) is 0 Å². The first-order valence-electron chi connectivity index (χ1n) is 6.28. The minimum atomic E-state index is -0.0352. The first-order chi connectivity index (χ1) is 8.79. The lowest BCUT2D eigenvalue weighted by atomic mass is 10.1. The van der Waals surface area contributed by atoms with Crippen molar-refractivity contribution in [3.63, 3.8) is 0 Å². The van der Waals surface area contributed by atoms with Gasteiger partial charge in [-0.05, 0) is 31.5 Å². The van der Waals surface area contributed by atoms with E-state index >= 15 is 0 Å². The van der Waals surface area contributed by atoms with E-state index in [0.29, 0.717) is 0 Å². The lowest BCUT2D eigenvalue weighted by molar-refractivity contribution is 0.372. The molecule has 1 saturated heterocycles. The Morgan fingerprint density at radius 2 is 2.33 bits per heavy atom. The van der Waals surface area contributed by atoms with E-state index in [4.69, 9.17) is 4.74 Å². The number of aromatic amines is 1. The van der Waals surface area contributed by atoms with Crippen LogP contribution in [0.4, 0.5) is 0 Å². The van der Waals surface area contributed by atoms with Crippen LogP contribution in [0.25, 0.3) is 11.0 Å². The molecule has 2 aromatic rings. The Hall–Kier alpha value is -1.75. The Balaban J connectivity index is 2.10. The van der Waals surface area contributed by atoms with Gasteiger partial charge in [-0.3, -0.25) is 4.57 Å². The molecule has 3 rings (SSSR count). The minimum Gasteiger partial charge on any atom is -0.497 e. The quantitative estimate of drug-likeness (QED) is 0.840. The van der Waals surface area contributed by atoms with E-state index in [9.17, 15) is 4.79 Å². The Kier molecular flexibility index (Phi) is 2.83. The number of piperidine rings is 1. The number of imidazole rings is 1. The fourth-order valence-electron chi connectivity index (χ4n) is 2.65. The molecule has 5 nitrogen and oxygen atoms in total. The molecule has 1 aromatic heterocycles. The highest BCUT2D eigenvalue weighted by atomic mass is 16.5. The van der Waals surface area contributed by atoms with E-state index in [2.05, 4.69) is 10.3 Å². The van der Waals surface area contributed by atoms with Crippen molar-refractivity contribution in [1.82, 2.24) is 14.9 Å². The van der Waals surface area contributed by atoms with Crippen LogP contribution in [0.15, 0.2) is 23.0 Å². The van der Waals surface area contributed by atoms with E-state index in [0.717, 1.165) is 42.7 Å². The summed E-state index contributed by atoms with van der Waals surface area (Å²) < 4.78 is 7.04. The number of rotatable bonds is 2. The molecule has 5 heteroatoms. The van der Waals surface area contributed by atoms with Gasteiger partial charge in [0.25, 0.3) is 0 Å². The molecular formula is C13H17N3O2. The van der Waals surface area contributed by atoms with Gasteiger partial charge >= 0.3 is 5.69 Å². The first kappa shape index (κ1) is 11.3. The van der Waals surface area contributed by atoms with Crippen molar-refractivity contribution in [2.45, 2.75) is 18.9 Å². The molecule has 1 aromatic carbocycles. The van der Waals surface area contributed by atoms with Gasteiger partial charge in [0, 0.05) is 12.6 Å². The zero-order chi connectivity index (χ0) is 12.5. The number of hydrogen-bond acceptors (Lipinski definition) is 3. The molecule has 1 aliphatic heterocycles. The SMILES string of the molecule is COc1ccc2c(c1)[nH]c(=O)n2C1CCCNC1. The Morgan fingerprint density at radius 3 is 3.06 bits per heavy atom. The molecule has 1 atom stereocenters. The number of H-pyrrole nitrogens is 1. The van der Waals surface area contributed by atoms with Crippen molar-refractivity contribution in [3.05, 3.63) is 28.7 Å². The van der Waals surface area contributed by atoms with Crippen LogP contribution in [-0.4, -0.2) is 29.8 Å². The minimum absolute atomic E-state index is 0.0352. The zero-order valence-corrected chi connectivity index (χ0v) is 10.4. The molecule has 0 radical (unpaired) electrons. The van der Waals surface area contributed by atoms with Crippen molar-refractivity contribution in [3.8, 4) is 5.75 Å². The second kappa shape index (κ2) is 4.49. The molecule has 0 bridgehead atoms. The van der Waals surface area contributed by atoms with E-state index in [1.54, 1.807) is 7.11 Å². The van der Waals surface area contributed by atoms with Crippen LogP contribution in [-0.2, 0) is 0 Å². The average Bonchev–Trinajstić information content (AvgIpc) is 2.74. The molecule has 0 saturated carbocycles. The largest absolute Gasteiger partial charge is 0.497 e. The predicted molar refractivity (Wildman–Crippen MR) is 70.3 cm³/mol. The van der Waals surface area contributed by atoms with Crippen LogP contribution in [0, 0.1) is 0 Å².